The molecule has 0 aliphatic rings. The number of pyridine rings is 1. The van der Waals surface area contributed by atoms with Crippen molar-refractivity contribution in [1.82, 2.24) is 15.3 Å². The minimum Gasteiger partial charge on any atom is -0.505 e. The molecule has 0 saturated heterocycles. The smallest absolute Gasteiger partial charge is 0.255 e. The van der Waals surface area contributed by atoms with Gasteiger partial charge in [0, 0.05) is 30.7 Å². The number of amides is 1. The summed E-state index contributed by atoms with van der Waals surface area (Å²) in [5.74, 6) is -0.416. The predicted molar refractivity (Wildman–Crippen MR) is 64.1 cm³/mol. The molecule has 0 saturated carbocycles. The fourth-order valence-electron chi connectivity index (χ4n) is 1.33. The van der Waals surface area contributed by atoms with E-state index in [9.17, 15) is 9.90 Å². The molecule has 0 aromatic carbocycles. The van der Waals surface area contributed by atoms with E-state index in [0.29, 0.717) is 13.0 Å². The van der Waals surface area contributed by atoms with Crippen LogP contribution in [0.5, 0.6) is 5.75 Å². The van der Waals surface area contributed by atoms with Crippen LogP contribution in [0, 0.1) is 0 Å². The third-order valence-electron chi connectivity index (χ3n) is 2.15. The topological polar surface area (TPSA) is 75.1 Å². The van der Waals surface area contributed by atoms with Crippen molar-refractivity contribution in [1.29, 1.82) is 0 Å². The van der Waals surface area contributed by atoms with E-state index in [-0.39, 0.29) is 17.2 Å². The maximum Gasteiger partial charge on any atom is 0.255 e. The molecule has 17 heavy (non-hydrogen) atoms. The van der Waals surface area contributed by atoms with Crippen LogP contribution in [-0.4, -0.2) is 27.5 Å². The molecule has 0 spiro atoms. The SMILES string of the molecule is O=C(NCCc1nccs1)c1ccncc1O. The normalized spacial score (nSPS) is 10.1. The number of carbonyl (C=O) groups excluding carboxylic acids is 1. The van der Waals surface area contributed by atoms with Crippen LogP contribution in [0.4, 0.5) is 0 Å². The van der Waals surface area contributed by atoms with Crippen LogP contribution >= 0.6 is 11.3 Å². The van der Waals surface area contributed by atoms with Crippen LogP contribution in [0.25, 0.3) is 0 Å². The number of thiazole rings is 1. The molecule has 1 amide bonds. The molecule has 6 heteroatoms. The standard InChI is InChI=1S/C11H11N3O2S/c15-9-7-12-3-1-8(9)11(16)14-4-2-10-13-5-6-17-10/h1,3,5-7,15H,2,4H2,(H,14,16). The second-order valence-corrected chi connectivity index (χ2v) is 4.30. The summed E-state index contributed by atoms with van der Waals surface area (Å²) in [5, 5.41) is 15.0. The molecule has 0 aliphatic carbocycles. The lowest BCUT2D eigenvalue weighted by Gasteiger charge is -2.04. The number of hydrogen-bond donors (Lipinski definition) is 2. The first kappa shape index (κ1) is 11.5. The first-order valence-electron chi connectivity index (χ1n) is 5.07. The van der Waals surface area contributed by atoms with Crippen molar-refractivity contribution in [3.05, 3.63) is 40.6 Å². The molecular weight excluding hydrogens is 238 g/mol. The first-order valence-corrected chi connectivity index (χ1v) is 5.95. The summed E-state index contributed by atoms with van der Waals surface area (Å²) >= 11 is 1.55. The average Bonchev–Trinajstić information content (AvgIpc) is 2.82. The predicted octanol–water partition coefficient (Wildman–Crippen LogP) is 1.22. The zero-order valence-electron chi connectivity index (χ0n) is 8.96. The van der Waals surface area contributed by atoms with Gasteiger partial charge in [-0.15, -0.1) is 11.3 Å². The van der Waals surface area contributed by atoms with E-state index >= 15 is 0 Å². The summed E-state index contributed by atoms with van der Waals surface area (Å²) in [6.45, 7) is 0.494. The quantitative estimate of drug-likeness (QED) is 0.854. The zero-order valence-corrected chi connectivity index (χ0v) is 9.78. The maximum atomic E-state index is 11.7. The molecule has 2 rings (SSSR count). The van der Waals surface area contributed by atoms with Crippen molar-refractivity contribution in [3.8, 4) is 5.75 Å². The fraction of sp³-hybridized carbons (Fsp3) is 0.182. The van der Waals surface area contributed by atoms with Crippen LogP contribution in [-0.2, 0) is 6.42 Å². The highest BCUT2D eigenvalue weighted by Gasteiger charge is 2.09. The van der Waals surface area contributed by atoms with Gasteiger partial charge in [-0.25, -0.2) is 4.98 Å². The lowest BCUT2D eigenvalue weighted by Crippen LogP contribution is -2.25. The molecule has 0 atom stereocenters. The molecule has 0 radical (unpaired) electrons. The number of hydrogen-bond acceptors (Lipinski definition) is 5. The molecule has 88 valence electrons. The van der Waals surface area contributed by atoms with E-state index in [1.807, 2.05) is 5.38 Å². The number of nitrogens with one attached hydrogen (secondary N) is 1. The second kappa shape index (κ2) is 5.40. The van der Waals surface area contributed by atoms with Gasteiger partial charge >= 0.3 is 0 Å². The Hall–Kier alpha value is -1.95. The van der Waals surface area contributed by atoms with Crippen molar-refractivity contribution >= 4 is 17.2 Å². The fourth-order valence-corrected chi connectivity index (χ4v) is 1.95. The van der Waals surface area contributed by atoms with E-state index in [1.54, 1.807) is 17.5 Å². The minimum atomic E-state index is -0.304. The minimum absolute atomic E-state index is 0.112. The van der Waals surface area contributed by atoms with Crippen molar-refractivity contribution < 1.29 is 9.90 Å². The van der Waals surface area contributed by atoms with E-state index in [1.165, 1.54) is 18.5 Å². The summed E-state index contributed by atoms with van der Waals surface area (Å²) in [7, 11) is 0. The van der Waals surface area contributed by atoms with E-state index in [0.717, 1.165) is 5.01 Å². The van der Waals surface area contributed by atoms with E-state index < -0.39 is 0 Å². The Labute approximate surface area is 102 Å². The Kier molecular flexibility index (Phi) is 3.66. The Morgan fingerprint density at radius 2 is 2.35 bits per heavy atom. The Morgan fingerprint density at radius 1 is 1.47 bits per heavy atom. The van der Waals surface area contributed by atoms with Gasteiger partial charge in [0.15, 0.2) is 0 Å². The molecule has 2 aromatic rings. The highest BCUT2D eigenvalue weighted by atomic mass is 32.1. The van der Waals surface area contributed by atoms with Gasteiger partial charge in [0.2, 0.25) is 0 Å². The van der Waals surface area contributed by atoms with Gasteiger partial charge in [0.25, 0.3) is 5.91 Å². The second-order valence-electron chi connectivity index (χ2n) is 3.32. The van der Waals surface area contributed by atoms with Gasteiger partial charge in [-0.05, 0) is 6.07 Å². The molecule has 0 bridgehead atoms. The number of aromatic nitrogens is 2. The Balaban J connectivity index is 1.88. The summed E-state index contributed by atoms with van der Waals surface area (Å²) < 4.78 is 0. The largest absolute Gasteiger partial charge is 0.505 e. The number of aromatic hydroxyl groups is 1. The van der Waals surface area contributed by atoms with Crippen molar-refractivity contribution in [2.75, 3.05) is 6.54 Å². The summed E-state index contributed by atoms with van der Waals surface area (Å²) in [4.78, 5) is 19.5. The Bertz CT molecular complexity index is 499. The molecular formula is C11H11N3O2S. The number of rotatable bonds is 4. The molecule has 0 fully saturated rings. The molecule has 2 N–H and O–H groups in total. The van der Waals surface area contributed by atoms with Crippen LogP contribution in [0.3, 0.4) is 0 Å². The lowest BCUT2D eigenvalue weighted by molar-refractivity contribution is 0.0951. The van der Waals surface area contributed by atoms with Crippen molar-refractivity contribution in [2.24, 2.45) is 0 Å². The molecule has 0 aliphatic heterocycles. The molecule has 0 unspecified atom stereocenters. The van der Waals surface area contributed by atoms with E-state index in [2.05, 4.69) is 15.3 Å². The highest BCUT2D eigenvalue weighted by Crippen LogP contribution is 2.13. The first-order chi connectivity index (χ1) is 8.27. The van der Waals surface area contributed by atoms with Gasteiger partial charge in [-0.1, -0.05) is 0 Å². The van der Waals surface area contributed by atoms with E-state index in [4.69, 9.17) is 0 Å². The summed E-state index contributed by atoms with van der Waals surface area (Å²) in [5.41, 5.74) is 0.235. The van der Waals surface area contributed by atoms with Crippen LogP contribution in [0.2, 0.25) is 0 Å². The third-order valence-corrected chi connectivity index (χ3v) is 2.99. The maximum absolute atomic E-state index is 11.7. The molecule has 2 aromatic heterocycles. The van der Waals surface area contributed by atoms with Crippen LogP contribution in [0.15, 0.2) is 30.0 Å². The van der Waals surface area contributed by atoms with Crippen molar-refractivity contribution in [2.45, 2.75) is 6.42 Å². The number of carbonyl (C=O) groups is 1. The number of nitrogens with zero attached hydrogens (tertiary/aromatic N) is 2. The zero-order chi connectivity index (χ0) is 12.1. The summed E-state index contributed by atoms with van der Waals surface area (Å²) in [6.07, 6.45) is 5.14. The van der Waals surface area contributed by atoms with Gasteiger partial charge in [-0.2, -0.15) is 0 Å². The molecule has 5 nitrogen and oxygen atoms in total. The Morgan fingerprint density at radius 3 is 3.06 bits per heavy atom. The third kappa shape index (κ3) is 3.01. The van der Waals surface area contributed by atoms with Crippen LogP contribution in [0.1, 0.15) is 15.4 Å². The highest BCUT2D eigenvalue weighted by molar-refractivity contribution is 7.09. The lowest BCUT2D eigenvalue weighted by atomic mass is 10.2. The van der Waals surface area contributed by atoms with Crippen molar-refractivity contribution in [3.63, 3.8) is 0 Å². The van der Waals surface area contributed by atoms with Gasteiger partial charge in [0.05, 0.1) is 16.8 Å². The van der Waals surface area contributed by atoms with Gasteiger partial charge in [0.1, 0.15) is 5.75 Å². The molecule has 2 heterocycles. The van der Waals surface area contributed by atoms with Crippen LogP contribution < -0.4 is 5.32 Å². The average molecular weight is 249 g/mol. The van der Waals surface area contributed by atoms with Gasteiger partial charge in [-0.3, -0.25) is 9.78 Å². The summed E-state index contributed by atoms with van der Waals surface area (Å²) in [6, 6.07) is 1.48. The van der Waals surface area contributed by atoms with Gasteiger partial charge < -0.3 is 10.4 Å². The monoisotopic (exact) mass is 249 g/mol.